The summed E-state index contributed by atoms with van der Waals surface area (Å²) in [7, 11) is 0. The number of hydrogen-bond donors (Lipinski definition) is 1. The number of ether oxygens (including phenoxy) is 1. The molecule has 0 saturated carbocycles. The van der Waals surface area contributed by atoms with Crippen molar-refractivity contribution >= 4 is 16.7 Å². The Bertz CT molecular complexity index is 572. The summed E-state index contributed by atoms with van der Waals surface area (Å²) in [6, 6.07) is 5.89. The average molecular weight is 261 g/mol. The van der Waals surface area contributed by atoms with E-state index >= 15 is 0 Å². The lowest BCUT2D eigenvalue weighted by Crippen LogP contribution is -2.31. The average Bonchev–Trinajstić information content (AvgIpc) is 2.65. The summed E-state index contributed by atoms with van der Waals surface area (Å²) < 4.78 is 8.04. The van der Waals surface area contributed by atoms with E-state index < -0.39 is 0 Å². The molecule has 1 heterocycles. The molecule has 0 fully saturated rings. The van der Waals surface area contributed by atoms with Gasteiger partial charge in [0, 0.05) is 18.7 Å². The summed E-state index contributed by atoms with van der Waals surface area (Å²) in [4.78, 5) is 4.66. The highest BCUT2D eigenvalue weighted by Crippen LogP contribution is 2.23. The predicted octanol–water partition coefficient (Wildman–Crippen LogP) is 3.00. The fourth-order valence-electron chi connectivity index (χ4n) is 2.46. The fraction of sp³-hybridized carbons (Fsp3) is 0.533. The molecule has 0 aliphatic carbocycles. The third kappa shape index (κ3) is 2.89. The molecule has 4 heteroatoms. The van der Waals surface area contributed by atoms with E-state index in [0.717, 1.165) is 35.5 Å². The Balaban J connectivity index is 2.46. The minimum atomic E-state index is -0.201. The van der Waals surface area contributed by atoms with Gasteiger partial charge in [0.1, 0.15) is 5.82 Å². The Hall–Kier alpha value is -1.55. The van der Waals surface area contributed by atoms with Crippen molar-refractivity contribution in [1.29, 1.82) is 0 Å². The molecule has 4 nitrogen and oxygen atoms in total. The van der Waals surface area contributed by atoms with Gasteiger partial charge in [0.25, 0.3) is 0 Å². The highest BCUT2D eigenvalue weighted by atomic mass is 16.5. The van der Waals surface area contributed by atoms with Crippen molar-refractivity contribution in [2.75, 3.05) is 12.3 Å². The van der Waals surface area contributed by atoms with Crippen molar-refractivity contribution in [2.24, 2.45) is 0 Å². The maximum atomic E-state index is 5.83. The third-order valence-corrected chi connectivity index (χ3v) is 3.24. The molecule has 0 aliphatic heterocycles. The zero-order valence-electron chi connectivity index (χ0n) is 12.2. The van der Waals surface area contributed by atoms with E-state index in [9.17, 15) is 0 Å². The SMILES string of the molecule is CCOC(C)(C)Cn1c(CC)nc2cc(N)ccc21. The second kappa shape index (κ2) is 5.21. The normalized spacial score (nSPS) is 12.2. The molecule has 0 atom stereocenters. The van der Waals surface area contributed by atoms with Gasteiger partial charge < -0.3 is 15.0 Å². The Labute approximate surface area is 114 Å². The van der Waals surface area contributed by atoms with Crippen LogP contribution in [0.25, 0.3) is 11.0 Å². The first-order chi connectivity index (χ1) is 8.96. The van der Waals surface area contributed by atoms with E-state index in [1.165, 1.54) is 0 Å². The van der Waals surface area contributed by atoms with Crippen molar-refractivity contribution in [3.05, 3.63) is 24.0 Å². The minimum absolute atomic E-state index is 0.201. The number of nitrogen functional groups attached to an aromatic ring is 1. The standard InChI is InChI=1S/C15H23N3O/c1-5-14-17-12-9-11(16)7-8-13(12)18(14)10-15(3,4)19-6-2/h7-9H,5-6,10,16H2,1-4H3. The summed E-state index contributed by atoms with van der Waals surface area (Å²) in [5.74, 6) is 1.08. The van der Waals surface area contributed by atoms with Gasteiger partial charge in [-0.15, -0.1) is 0 Å². The van der Waals surface area contributed by atoms with Crippen molar-refractivity contribution in [3.63, 3.8) is 0 Å². The Morgan fingerprint density at radius 1 is 1.32 bits per heavy atom. The summed E-state index contributed by atoms with van der Waals surface area (Å²) in [5.41, 5.74) is 8.46. The zero-order valence-corrected chi connectivity index (χ0v) is 12.2. The first kappa shape index (κ1) is 13.9. The van der Waals surface area contributed by atoms with Gasteiger partial charge in [0.2, 0.25) is 0 Å². The first-order valence-corrected chi connectivity index (χ1v) is 6.85. The fourth-order valence-corrected chi connectivity index (χ4v) is 2.46. The number of fused-ring (bicyclic) bond motifs is 1. The summed E-state index contributed by atoms with van der Waals surface area (Å²) in [6.07, 6.45) is 0.900. The number of benzene rings is 1. The molecule has 1 aromatic carbocycles. The van der Waals surface area contributed by atoms with Crippen LogP contribution in [0, 0.1) is 0 Å². The number of rotatable bonds is 5. The van der Waals surface area contributed by atoms with Crippen molar-refractivity contribution in [3.8, 4) is 0 Å². The Kier molecular flexibility index (Phi) is 3.80. The second-order valence-electron chi connectivity index (χ2n) is 5.41. The summed E-state index contributed by atoms with van der Waals surface area (Å²) in [6.45, 7) is 9.88. The van der Waals surface area contributed by atoms with E-state index in [4.69, 9.17) is 10.5 Å². The first-order valence-electron chi connectivity index (χ1n) is 6.85. The molecule has 104 valence electrons. The Morgan fingerprint density at radius 2 is 2.05 bits per heavy atom. The maximum absolute atomic E-state index is 5.83. The number of imidazole rings is 1. The Morgan fingerprint density at radius 3 is 2.68 bits per heavy atom. The van der Waals surface area contributed by atoms with Gasteiger partial charge in [-0.3, -0.25) is 0 Å². The van der Waals surface area contributed by atoms with Crippen LogP contribution in [-0.2, 0) is 17.7 Å². The van der Waals surface area contributed by atoms with Crippen molar-refractivity contribution in [1.82, 2.24) is 9.55 Å². The number of nitrogens with zero attached hydrogens (tertiary/aromatic N) is 2. The molecule has 1 aromatic heterocycles. The summed E-state index contributed by atoms with van der Waals surface area (Å²) in [5, 5.41) is 0. The molecule has 0 bridgehead atoms. The van der Waals surface area contributed by atoms with Gasteiger partial charge in [0.15, 0.2) is 0 Å². The molecule has 0 amide bonds. The smallest absolute Gasteiger partial charge is 0.109 e. The van der Waals surface area contributed by atoms with Crippen LogP contribution < -0.4 is 5.73 Å². The minimum Gasteiger partial charge on any atom is -0.399 e. The topological polar surface area (TPSA) is 53.1 Å². The lowest BCUT2D eigenvalue weighted by atomic mass is 10.1. The van der Waals surface area contributed by atoms with Gasteiger partial charge in [-0.05, 0) is 39.0 Å². The molecule has 0 aliphatic rings. The lowest BCUT2D eigenvalue weighted by Gasteiger charge is -2.26. The quantitative estimate of drug-likeness (QED) is 0.842. The van der Waals surface area contributed by atoms with Crippen LogP contribution in [0.4, 0.5) is 5.69 Å². The van der Waals surface area contributed by atoms with Crippen LogP contribution in [0.2, 0.25) is 0 Å². The van der Waals surface area contributed by atoms with Crippen molar-refractivity contribution in [2.45, 2.75) is 46.3 Å². The van der Waals surface area contributed by atoms with E-state index in [0.29, 0.717) is 6.61 Å². The van der Waals surface area contributed by atoms with Crippen LogP contribution in [0.15, 0.2) is 18.2 Å². The number of anilines is 1. The number of aromatic nitrogens is 2. The molecule has 2 N–H and O–H groups in total. The van der Waals surface area contributed by atoms with Crippen LogP contribution in [0.5, 0.6) is 0 Å². The van der Waals surface area contributed by atoms with Gasteiger partial charge >= 0.3 is 0 Å². The monoisotopic (exact) mass is 261 g/mol. The van der Waals surface area contributed by atoms with E-state index in [1.54, 1.807) is 0 Å². The maximum Gasteiger partial charge on any atom is 0.109 e. The van der Waals surface area contributed by atoms with E-state index in [1.807, 2.05) is 25.1 Å². The molecule has 2 aromatic rings. The molecule has 0 unspecified atom stereocenters. The van der Waals surface area contributed by atoms with Gasteiger partial charge in [-0.25, -0.2) is 4.98 Å². The largest absolute Gasteiger partial charge is 0.399 e. The molecule has 19 heavy (non-hydrogen) atoms. The van der Waals surface area contributed by atoms with Gasteiger partial charge in [0.05, 0.1) is 23.2 Å². The summed E-state index contributed by atoms with van der Waals surface area (Å²) >= 11 is 0. The molecular weight excluding hydrogens is 238 g/mol. The van der Waals surface area contributed by atoms with Gasteiger partial charge in [-0.2, -0.15) is 0 Å². The molecule has 2 rings (SSSR count). The molecule has 0 spiro atoms. The highest BCUT2D eigenvalue weighted by Gasteiger charge is 2.21. The predicted molar refractivity (Wildman–Crippen MR) is 79.2 cm³/mol. The molecule has 0 radical (unpaired) electrons. The lowest BCUT2D eigenvalue weighted by molar-refractivity contribution is -0.0221. The highest BCUT2D eigenvalue weighted by molar-refractivity contribution is 5.79. The van der Waals surface area contributed by atoms with Crippen LogP contribution in [0.1, 0.15) is 33.5 Å². The van der Waals surface area contributed by atoms with E-state index in [-0.39, 0.29) is 5.60 Å². The van der Waals surface area contributed by atoms with Crippen LogP contribution in [-0.4, -0.2) is 21.8 Å². The second-order valence-corrected chi connectivity index (χ2v) is 5.41. The van der Waals surface area contributed by atoms with E-state index in [2.05, 4.69) is 30.3 Å². The molecular formula is C15H23N3O. The van der Waals surface area contributed by atoms with Crippen LogP contribution in [0.3, 0.4) is 0 Å². The molecule has 0 saturated heterocycles. The zero-order chi connectivity index (χ0) is 14.0. The van der Waals surface area contributed by atoms with Gasteiger partial charge in [-0.1, -0.05) is 6.92 Å². The number of aryl methyl sites for hydroxylation is 1. The number of hydrogen-bond acceptors (Lipinski definition) is 3. The van der Waals surface area contributed by atoms with Crippen LogP contribution >= 0.6 is 0 Å². The van der Waals surface area contributed by atoms with Crippen molar-refractivity contribution < 1.29 is 4.74 Å². The number of nitrogens with two attached hydrogens (primary N) is 1. The third-order valence-electron chi connectivity index (χ3n) is 3.24.